The monoisotopic (exact) mass is 339 g/mol. The summed E-state index contributed by atoms with van der Waals surface area (Å²) in [5.41, 5.74) is 2.22. The molecule has 1 aromatic rings. The quantitative estimate of drug-likeness (QED) is 0.782. The van der Waals surface area contributed by atoms with E-state index in [9.17, 15) is 9.59 Å². The average molecular weight is 340 g/mol. The highest BCUT2D eigenvalue weighted by atomic mass is 79.9. The van der Waals surface area contributed by atoms with Gasteiger partial charge in [-0.25, -0.2) is 4.79 Å². The van der Waals surface area contributed by atoms with Crippen molar-refractivity contribution in [2.24, 2.45) is 0 Å². The summed E-state index contributed by atoms with van der Waals surface area (Å²) in [5.74, 6) is -1.40. The van der Waals surface area contributed by atoms with Crippen LogP contribution in [0.1, 0.15) is 34.3 Å². The van der Waals surface area contributed by atoms with Crippen LogP contribution >= 0.6 is 15.9 Å². The number of hydrogen-bond donors (Lipinski definition) is 2. The summed E-state index contributed by atoms with van der Waals surface area (Å²) < 4.78 is 0.924. The molecule has 1 amide bonds. The fourth-order valence-electron chi connectivity index (χ4n) is 1.80. The Morgan fingerprint density at radius 3 is 2.60 bits per heavy atom. The van der Waals surface area contributed by atoms with Gasteiger partial charge in [-0.3, -0.25) is 4.79 Å². The lowest BCUT2D eigenvalue weighted by Gasteiger charge is -2.15. The van der Waals surface area contributed by atoms with Crippen LogP contribution in [0.25, 0.3) is 0 Å². The van der Waals surface area contributed by atoms with Gasteiger partial charge >= 0.3 is 5.97 Å². The molecule has 1 aromatic carbocycles. The summed E-state index contributed by atoms with van der Waals surface area (Å²) in [6.45, 7) is 7.25. The van der Waals surface area contributed by atoms with Crippen molar-refractivity contribution < 1.29 is 14.7 Å². The van der Waals surface area contributed by atoms with Gasteiger partial charge in [0.15, 0.2) is 0 Å². The normalized spacial score (nSPS) is 11.8. The van der Waals surface area contributed by atoms with Gasteiger partial charge < -0.3 is 10.4 Å². The molecule has 0 fully saturated rings. The lowest BCUT2D eigenvalue weighted by atomic mass is 10.0. The van der Waals surface area contributed by atoms with E-state index in [1.807, 2.05) is 19.9 Å². The molecule has 1 unspecified atom stereocenters. The van der Waals surface area contributed by atoms with Crippen LogP contribution < -0.4 is 5.32 Å². The first-order valence-corrected chi connectivity index (χ1v) is 7.07. The molecule has 0 saturated carbocycles. The molecule has 0 aliphatic carbocycles. The highest BCUT2D eigenvalue weighted by Crippen LogP contribution is 2.21. The Bertz CT molecular complexity index is 540. The smallest absolute Gasteiger partial charge is 0.326 e. The Labute approximate surface area is 127 Å². The van der Waals surface area contributed by atoms with Crippen molar-refractivity contribution in [1.29, 1.82) is 0 Å². The van der Waals surface area contributed by atoms with E-state index in [-0.39, 0.29) is 5.91 Å². The number of amides is 1. The first kappa shape index (κ1) is 16.4. The SMILES string of the molecule is C=CCCC(NC(=O)c1cc(C)c(Br)cc1C)C(=O)O. The van der Waals surface area contributed by atoms with Crippen LogP contribution in [-0.2, 0) is 4.79 Å². The van der Waals surface area contributed by atoms with E-state index >= 15 is 0 Å². The van der Waals surface area contributed by atoms with E-state index < -0.39 is 12.0 Å². The second kappa shape index (κ2) is 7.24. The lowest BCUT2D eigenvalue weighted by molar-refractivity contribution is -0.139. The number of allylic oxidation sites excluding steroid dienone is 1. The van der Waals surface area contributed by atoms with Crippen LogP contribution in [0.15, 0.2) is 29.3 Å². The van der Waals surface area contributed by atoms with Crippen LogP contribution in [0.3, 0.4) is 0 Å². The van der Waals surface area contributed by atoms with E-state index in [0.717, 1.165) is 15.6 Å². The molecular weight excluding hydrogens is 322 g/mol. The first-order chi connectivity index (χ1) is 9.36. The number of rotatable bonds is 6. The van der Waals surface area contributed by atoms with Gasteiger partial charge in [0, 0.05) is 10.0 Å². The van der Waals surface area contributed by atoms with Crippen molar-refractivity contribution in [2.45, 2.75) is 32.7 Å². The van der Waals surface area contributed by atoms with Crippen molar-refractivity contribution in [3.8, 4) is 0 Å². The van der Waals surface area contributed by atoms with E-state index in [1.54, 1.807) is 12.1 Å². The van der Waals surface area contributed by atoms with Gasteiger partial charge in [-0.05, 0) is 49.9 Å². The number of carbonyl (C=O) groups is 2. The molecule has 0 bridgehead atoms. The van der Waals surface area contributed by atoms with Crippen LogP contribution in [0.4, 0.5) is 0 Å². The molecule has 2 N–H and O–H groups in total. The number of benzene rings is 1. The number of hydrogen-bond acceptors (Lipinski definition) is 2. The first-order valence-electron chi connectivity index (χ1n) is 6.28. The second-order valence-electron chi connectivity index (χ2n) is 4.65. The fraction of sp³-hybridized carbons (Fsp3) is 0.333. The molecule has 0 saturated heterocycles. The predicted molar refractivity (Wildman–Crippen MR) is 81.9 cm³/mol. The molecule has 20 heavy (non-hydrogen) atoms. The van der Waals surface area contributed by atoms with Gasteiger partial charge in [-0.1, -0.05) is 22.0 Å². The zero-order chi connectivity index (χ0) is 15.3. The minimum Gasteiger partial charge on any atom is -0.480 e. The molecule has 5 heteroatoms. The number of aliphatic carboxylic acids is 1. The van der Waals surface area contributed by atoms with Gasteiger partial charge in [0.1, 0.15) is 6.04 Å². The van der Waals surface area contributed by atoms with E-state index in [1.165, 1.54) is 0 Å². The molecule has 0 spiro atoms. The Balaban J connectivity index is 2.91. The molecule has 4 nitrogen and oxygen atoms in total. The lowest BCUT2D eigenvalue weighted by Crippen LogP contribution is -2.40. The summed E-state index contributed by atoms with van der Waals surface area (Å²) in [6.07, 6.45) is 2.51. The van der Waals surface area contributed by atoms with Gasteiger partial charge in [-0.2, -0.15) is 0 Å². The predicted octanol–water partition coefficient (Wildman–Crippen LogP) is 3.22. The largest absolute Gasteiger partial charge is 0.480 e. The molecule has 1 atom stereocenters. The Hall–Kier alpha value is -1.62. The van der Waals surface area contributed by atoms with E-state index in [0.29, 0.717) is 18.4 Å². The van der Waals surface area contributed by atoms with Crippen molar-refractivity contribution >= 4 is 27.8 Å². The van der Waals surface area contributed by atoms with Gasteiger partial charge in [0.2, 0.25) is 0 Å². The van der Waals surface area contributed by atoms with Gasteiger partial charge in [0.05, 0.1) is 0 Å². The summed E-state index contributed by atoms with van der Waals surface area (Å²) in [6, 6.07) is 2.70. The maximum atomic E-state index is 12.2. The van der Waals surface area contributed by atoms with Crippen molar-refractivity contribution in [3.05, 3.63) is 46.0 Å². The van der Waals surface area contributed by atoms with Crippen LogP contribution in [0.2, 0.25) is 0 Å². The fourth-order valence-corrected chi connectivity index (χ4v) is 2.26. The Morgan fingerprint density at radius 2 is 2.05 bits per heavy atom. The number of carboxylic acid groups (broad SMARTS) is 1. The van der Waals surface area contributed by atoms with E-state index in [2.05, 4.69) is 27.8 Å². The summed E-state index contributed by atoms with van der Waals surface area (Å²) in [7, 11) is 0. The number of aryl methyl sites for hydroxylation is 2. The van der Waals surface area contributed by atoms with Crippen LogP contribution in [0.5, 0.6) is 0 Å². The van der Waals surface area contributed by atoms with Crippen LogP contribution in [-0.4, -0.2) is 23.0 Å². The minimum absolute atomic E-state index is 0.332. The molecular formula is C15H18BrNO3. The van der Waals surface area contributed by atoms with Gasteiger partial charge in [-0.15, -0.1) is 6.58 Å². The Kier molecular flexibility index (Phi) is 5.95. The molecule has 0 heterocycles. The molecule has 0 aliphatic heterocycles. The number of nitrogens with one attached hydrogen (secondary N) is 1. The third-order valence-corrected chi connectivity index (χ3v) is 3.87. The summed E-state index contributed by atoms with van der Waals surface area (Å²) in [5, 5.41) is 11.7. The maximum Gasteiger partial charge on any atom is 0.326 e. The zero-order valence-electron chi connectivity index (χ0n) is 11.6. The summed E-state index contributed by atoms with van der Waals surface area (Å²) in [4.78, 5) is 23.3. The second-order valence-corrected chi connectivity index (χ2v) is 5.50. The minimum atomic E-state index is -1.04. The zero-order valence-corrected chi connectivity index (χ0v) is 13.2. The van der Waals surface area contributed by atoms with E-state index in [4.69, 9.17) is 5.11 Å². The third-order valence-electron chi connectivity index (χ3n) is 3.01. The number of carbonyl (C=O) groups excluding carboxylic acids is 1. The van der Waals surface area contributed by atoms with Gasteiger partial charge in [0.25, 0.3) is 5.91 Å². The van der Waals surface area contributed by atoms with Crippen molar-refractivity contribution in [3.63, 3.8) is 0 Å². The van der Waals surface area contributed by atoms with Crippen molar-refractivity contribution in [1.82, 2.24) is 5.32 Å². The number of halogens is 1. The molecule has 108 valence electrons. The maximum absolute atomic E-state index is 12.2. The Morgan fingerprint density at radius 1 is 1.40 bits per heavy atom. The molecule has 1 rings (SSSR count). The molecule has 0 radical (unpaired) electrons. The standard InChI is InChI=1S/C15H18BrNO3/c1-4-5-6-13(15(19)20)17-14(18)11-7-10(3)12(16)8-9(11)2/h4,7-8,13H,1,5-6H2,2-3H3,(H,17,18)(H,19,20). The number of carboxylic acids is 1. The molecule has 0 aliphatic rings. The topological polar surface area (TPSA) is 66.4 Å². The average Bonchev–Trinajstić information content (AvgIpc) is 2.38. The van der Waals surface area contributed by atoms with Crippen molar-refractivity contribution in [2.75, 3.05) is 0 Å². The summed E-state index contributed by atoms with van der Waals surface area (Å²) >= 11 is 3.40. The highest BCUT2D eigenvalue weighted by molar-refractivity contribution is 9.10. The molecule has 0 aromatic heterocycles. The third kappa shape index (κ3) is 4.20. The highest BCUT2D eigenvalue weighted by Gasteiger charge is 2.21. The van der Waals surface area contributed by atoms with Crippen LogP contribution in [0, 0.1) is 13.8 Å².